The Labute approximate surface area is 97.2 Å². The fourth-order valence-electron chi connectivity index (χ4n) is 1.04. The van der Waals surface area contributed by atoms with Crippen molar-refractivity contribution in [3.8, 4) is 0 Å². The Morgan fingerprint density at radius 2 is 2.27 bits per heavy atom. The lowest BCUT2D eigenvalue weighted by Gasteiger charge is -2.08. The van der Waals surface area contributed by atoms with Gasteiger partial charge in [0.2, 0.25) is 0 Å². The van der Waals surface area contributed by atoms with Gasteiger partial charge in [0.05, 0.1) is 6.42 Å². The molecule has 1 N–H and O–H groups in total. The molecule has 0 aliphatic carbocycles. The van der Waals surface area contributed by atoms with E-state index in [4.69, 9.17) is 16.7 Å². The van der Waals surface area contributed by atoms with Crippen molar-refractivity contribution in [2.24, 2.45) is 0 Å². The molecule has 0 bridgehead atoms. The lowest BCUT2D eigenvalue weighted by Crippen LogP contribution is -2.07. The second-order valence-corrected chi connectivity index (χ2v) is 3.90. The first-order valence-corrected chi connectivity index (χ1v) is 4.93. The molecule has 0 unspecified atom stereocenters. The Morgan fingerprint density at radius 3 is 2.73 bits per heavy atom. The molecule has 3 nitrogen and oxygen atoms in total. The van der Waals surface area contributed by atoms with Crippen LogP contribution in [0.2, 0.25) is 5.15 Å². The Balaban J connectivity index is 3.26. The van der Waals surface area contributed by atoms with Gasteiger partial charge in [0.1, 0.15) is 10.8 Å². The van der Waals surface area contributed by atoms with Crippen LogP contribution in [0.1, 0.15) is 17.7 Å². The maximum Gasteiger partial charge on any atom is 0.307 e. The third kappa shape index (κ3) is 3.10. The van der Waals surface area contributed by atoms with E-state index >= 15 is 0 Å². The van der Waals surface area contributed by atoms with E-state index in [1.807, 2.05) is 0 Å². The summed E-state index contributed by atoms with van der Waals surface area (Å²) >= 11 is 8.45. The Bertz CT molecular complexity index is 400. The highest BCUT2D eigenvalue weighted by molar-refractivity contribution is 9.10. The number of pyridine rings is 1. The van der Waals surface area contributed by atoms with Crippen LogP contribution in [0.15, 0.2) is 10.5 Å². The summed E-state index contributed by atoms with van der Waals surface area (Å²) in [5.74, 6) is -1.21. The monoisotopic (exact) mass is 299 g/mol. The first-order chi connectivity index (χ1) is 6.91. The van der Waals surface area contributed by atoms with Gasteiger partial charge in [-0.15, -0.1) is 0 Å². The summed E-state index contributed by atoms with van der Waals surface area (Å²) in [6.45, 7) is 0. The third-order valence-corrected chi connectivity index (χ3v) is 2.51. The molecule has 1 rings (SSSR count). The molecule has 0 fully saturated rings. The molecule has 82 valence electrons. The summed E-state index contributed by atoms with van der Waals surface area (Å²) in [5.41, 5.74) is -0.654. The van der Waals surface area contributed by atoms with Gasteiger partial charge in [0.25, 0.3) is 6.43 Å². The second-order valence-electron chi connectivity index (χ2n) is 2.66. The van der Waals surface area contributed by atoms with E-state index in [2.05, 4.69) is 20.9 Å². The van der Waals surface area contributed by atoms with E-state index < -0.39 is 24.5 Å². The molecule has 0 atom stereocenters. The fraction of sp³-hybridized carbons (Fsp3) is 0.250. The number of carboxylic acids is 1. The number of alkyl halides is 2. The lowest BCUT2D eigenvalue weighted by molar-refractivity contribution is -0.136. The first kappa shape index (κ1) is 12.3. The Hall–Kier alpha value is -0.750. The molecule has 1 aromatic rings. The van der Waals surface area contributed by atoms with Crippen LogP contribution in [0.25, 0.3) is 0 Å². The molecule has 0 aliphatic rings. The largest absolute Gasteiger partial charge is 0.481 e. The molecule has 1 heterocycles. The van der Waals surface area contributed by atoms with E-state index in [0.717, 1.165) is 0 Å². The van der Waals surface area contributed by atoms with Gasteiger partial charge in [-0.25, -0.2) is 13.8 Å². The molecule has 0 saturated carbocycles. The molecular weight excluding hydrogens is 295 g/mol. The molecule has 0 saturated heterocycles. The minimum absolute atomic E-state index is 0.0538. The average Bonchev–Trinajstić information content (AvgIpc) is 2.08. The predicted octanol–water partition coefficient (Wildman–Crippen LogP) is 3.06. The second kappa shape index (κ2) is 4.85. The number of aliphatic carboxylic acids is 1. The highest BCUT2D eigenvalue weighted by Gasteiger charge is 2.20. The van der Waals surface area contributed by atoms with Gasteiger partial charge >= 0.3 is 5.97 Å². The average molecular weight is 300 g/mol. The van der Waals surface area contributed by atoms with Crippen molar-refractivity contribution in [2.75, 3.05) is 0 Å². The van der Waals surface area contributed by atoms with E-state index in [0.29, 0.717) is 0 Å². The SMILES string of the molecule is O=C(O)Cc1c(Br)cc(Cl)nc1C(F)F. The topological polar surface area (TPSA) is 50.2 Å². The Morgan fingerprint density at radius 1 is 1.67 bits per heavy atom. The predicted molar refractivity (Wildman–Crippen MR) is 53.2 cm³/mol. The van der Waals surface area contributed by atoms with Crippen LogP contribution in [0, 0.1) is 0 Å². The number of carboxylic acid groups (broad SMARTS) is 1. The van der Waals surface area contributed by atoms with E-state index in [1.165, 1.54) is 6.07 Å². The summed E-state index contributed by atoms with van der Waals surface area (Å²) in [6.07, 6.45) is -3.38. The van der Waals surface area contributed by atoms with Gasteiger partial charge in [-0.05, 0) is 6.07 Å². The summed E-state index contributed by atoms with van der Waals surface area (Å²) in [5, 5.41) is 8.44. The van der Waals surface area contributed by atoms with E-state index in [-0.39, 0.29) is 15.2 Å². The minimum Gasteiger partial charge on any atom is -0.481 e. The molecular formula is C8H5BrClF2NO2. The van der Waals surface area contributed by atoms with Crippen molar-refractivity contribution in [3.63, 3.8) is 0 Å². The summed E-state index contributed by atoms with van der Waals surface area (Å²) in [4.78, 5) is 13.9. The van der Waals surface area contributed by atoms with Gasteiger partial charge in [0, 0.05) is 10.0 Å². The lowest BCUT2D eigenvalue weighted by atomic mass is 10.1. The van der Waals surface area contributed by atoms with Crippen LogP contribution in [-0.4, -0.2) is 16.1 Å². The number of aromatic nitrogens is 1. The number of nitrogens with zero attached hydrogens (tertiary/aromatic N) is 1. The standard InChI is InChI=1S/C8H5BrClF2NO2/c9-4-2-5(10)13-7(8(11)12)3(4)1-6(14)15/h2,8H,1H2,(H,14,15). The van der Waals surface area contributed by atoms with Crippen LogP contribution in [-0.2, 0) is 11.2 Å². The summed E-state index contributed by atoms with van der Waals surface area (Å²) in [7, 11) is 0. The molecule has 0 aromatic carbocycles. The quantitative estimate of drug-likeness (QED) is 0.873. The Kier molecular flexibility index (Phi) is 3.98. The van der Waals surface area contributed by atoms with Gasteiger partial charge in [0.15, 0.2) is 0 Å². The third-order valence-electron chi connectivity index (χ3n) is 1.61. The highest BCUT2D eigenvalue weighted by atomic mass is 79.9. The molecule has 0 amide bonds. The van der Waals surface area contributed by atoms with Gasteiger partial charge in [-0.3, -0.25) is 4.79 Å². The van der Waals surface area contributed by atoms with Crippen molar-refractivity contribution in [1.29, 1.82) is 0 Å². The fourth-order valence-corrected chi connectivity index (χ4v) is 1.93. The summed E-state index contributed by atoms with van der Waals surface area (Å²) < 4.78 is 25.2. The van der Waals surface area contributed by atoms with Crippen LogP contribution in [0.4, 0.5) is 8.78 Å². The van der Waals surface area contributed by atoms with Crippen molar-refractivity contribution in [1.82, 2.24) is 4.98 Å². The number of rotatable bonds is 3. The zero-order valence-electron chi connectivity index (χ0n) is 7.18. The van der Waals surface area contributed by atoms with Crippen LogP contribution >= 0.6 is 27.5 Å². The van der Waals surface area contributed by atoms with Crippen molar-refractivity contribution >= 4 is 33.5 Å². The van der Waals surface area contributed by atoms with Crippen LogP contribution in [0.3, 0.4) is 0 Å². The highest BCUT2D eigenvalue weighted by Crippen LogP contribution is 2.29. The van der Waals surface area contributed by atoms with Crippen LogP contribution in [0.5, 0.6) is 0 Å². The maximum atomic E-state index is 12.5. The number of hydrogen-bond acceptors (Lipinski definition) is 2. The molecule has 1 aromatic heterocycles. The zero-order valence-corrected chi connectivity index (χ0v) is 9.52. The van der Waals surface area contributed by atoms with Crippen molar-refractivity contribution in [3.05, 3.63) is 26.9 Å². The minimum atomic E-state index is -2.85. The first-order valence-electron chi connectivity index (χ1n) is 3.76. The van der Waals surface area contributed by atoms with Gasteiger partial charge in [-0.1, -0.05) is 27.5 Å². The number of halogens is 4. The smallest absolute Gasteiger partial charge is 0.307 e. The van der Waals surface area contributed by atoms with E-state index in [9.17, 15) is 13.6 Å². The molecule has 0 spiro atoms. The molecule has 0 aliphatic heterocycles. The zero-order chi connectivity index (χ0) is 11.6. The van der Waals surface area contributed by atoms with Crippen LogP contribution < -0.4 is 0 Å². The van der Waals surface area contributed by atoms with E-state index in [1.54, 1.807) is 0 Å². The van der Waals surface area contributed by atoms with Crippen molar-refractivity contribution < 1.29 is 18.7 Å². The molecule has 0 radical (unpaired) electrons. The molecule has 7 heteroatoms. The summed E-state index contributed by atoms with van der Waals surface area (Å²) in [6, 6.07) is 1.28. The molecule has 15 heavy (non-hydrogen) atoms. The normalized spacial score (nSPS) is 10.7. The number of hydrogen-bond donors (Lipinski definition) is 1. The maximum absolute atomic E-state index is 12.5. The van der Waals surface area contributed by atoms with Gasteiger partial charge < -0.3 is 5.11 Å². The number of carbonyl (C=O) groups is 1. The van der Waals surface area contributed by atoms with Gasteiger partial charge in [-0.2, -0.15) is 0 Å². The van der Waals surface area contributed by atoms with Crippen molar-refractivity contribution in [2.45, 2.75) is 12.8 Å².